The maximum absolute atomic E-state index is 13.0. The Morgan fingerprint density at radius 2 is 1.79 bits per heavy atom. The highest BCUT2D eigenvalue weighted by Crippen LogP contribution is 2.26. The Morgan fingerprint density at radius 3 is 2.48 bits per heavy atom. The lowest BCUT2D eigenvalue weighted by Crippen LogP contribution is -2.35. The fourth-order valence-corrected chi connectivity index (χ4v) is 4.62. The summed E-state index contributed by atoms with van der Waals surface area (Å²) in [4.78, 5) is 34.8. The molecular formula is C26H33N5O2. The van der Waals surface area contributed by atoms with Crippen LogP contribution in [0.5, 0.6) is 0 Å². The van der Waals surface area contributed by atoms with Crippen molar-refractivity contribution in [1.82, 2.24) is 9.55 Å². The summed E-state index contributed by atoms with van der Waals surface area (Å²) in [6.07, 6.45) is 3.42. The first-order valence-corrected chi connectivity index (χ1v) is 11.9. The van der Waals surface area contributed by atoms with Crippen LogP contribution >= 0.6 is 0 Å². The molecule has 1 N–H and O–H groups in total. The van der Waals surface area contributed by atoms with Crippen molar-refractivity contribution in [3.63, 3.8) is 0 Å². The van der Waals surface area contributed by atoms with Crippen molar-refractivity contribution in [2.75, 3.05) is 41.3 Å². The molecule has 1 amide bonds. The van der Waals surface area contributed by atoms with Crippen LogP contribution in [0.3, 0.4) is 0 Å². The van der Waals surface area contributed by atoms with E-state index in [1.807, 2.05) is 43.3 Å². The van der Waals surface area contributed by atoms with E-state index in [0.717, 1.165) is 72.7 Å². The molecule has 7 nitrogen and oxygen atoms in total. The molecule has 0 unspecified atom stereocenters. The molecule has 0 atom stereocenters. The smallest absolute Gasteiger partial charge is 0.350 e. The standard InChI is InChI=1S/C26H33N5O2/c1-4-29(5-2)20-13-14-22(19(3)17-20)27-24(32)18-31-23-12-8-7-11-21(23)25(28-26(31)33)30-15-9-6-10-16-30/h7-8,11-14,17H,4-6,9-10,15-16,18H2,1-3H3,(H,27,32). The van der Waals surface area contributed by atoms with Crippen molar-refractivity contribution in [2.24, 2.45) is 0 Å². The van der Waals surface area contributed by atoms with E-state index in [2.05, 4.69) is 40.0 Å². The zero-order chi connectivity index (χ0) is 23.4. The third kappa shape index (κ3) is 4.87. The molecule has 3 aromatic rings. The fraction of sp³-hybridized carbons (Fsp3) is 0.423. The summed E-state index contributed by atoms with van der Waals surface area (Å²) in [5.41, 5.74) is 3.23. The first-order chi connectivity index (χ1) is 16.0. The van der Waals surface area contributed by atoms with Gasteiger partial charge in [-0.1, -0.05) is 12.1 Å². The van der Waals surface area contributed by atoms with Gasteiger partial charge in [0.25, 0.3) is 0 Å². The molecule has 1 aliphatic rings. The van der Waals surface area contributed by atoms with E-state index in [1.54, 1.807) is 0 Å². The van der Waals surface area contributed by atoms with Gasteiger partial charge in [-0.15, -0.1) is 0 Å². The van der Waals surface area contributed by atoms with Gasteiger partial charge in [-0.3, -0.25) is 9.36 Å². The predicted molar refractivity (Wildman–Crippen MR) is 135 cm³/mol. The fourth-order valence-electron chi connectivity index (χ4n) is 4.62. The minimum absolute atomic E-state index is 0.0795. The lowest BCUT2D eigenvalue weighted by Gasteiger charge is -2.29. The highest BCUT2D eigenvalue weighted by molar-refractivity contribution is 5.94. The molecule has 2 heterocycles. The van der Waals surface area contributed by atoms with Crippen LogP contribution in [-0.2, 0) is 11.3 Å². The second kappa shape index (κ2) is 10.1. The molecule has 0 spiro atoms. The summed E-state index contributed by atoms with van der Waals surface area (Å²) in [5, 5.41) is 3.88. The van der Waals surface area contributed by atoms with Gasteiger partial charge in [0.2, 0.25) is 5.91 Å². The molecule has 0 radical (unpaired) electrons. The zero-order valence-electron chi connectivity index (χ0n) is 19.8. The number of hydrogen-bond donors (Lipinski definition) is 1. The Hall–Kier alpha value is -3.35. The quantitative estimate of drug-likeness (QED) is 0.588. The molecule has 33 heavy (non-hydrogen) atoms. The molecule has 0 saturated carbocycles. The number of para-hydroxylation sites is 1. The lowest BCUT2D eigenvalue weighted by molar-refractivity contribution is -0.116. The number of carbonyl (C=O) groups excluding carboxylic acids is 1. The largest absolute Gasteiger partial charge is 0.372 e. The maximum atomic E-state index is 13.0. The Morgan fingerprint density at radius 1 is 1.06 bits per heavy atom. The van der Waals surface area contributed by atoms with Gasteiger partial charge in [-0.2, -0.15) is 4.98 Å². The summed E-state index contributed by atoms with van der Waals surface area (Å²) in [6, 6.07) is 13.8. The van der Waals surface area contributed by atoms with E-state index >= 15 is 0 Å². The van der Waals surface area contributed by atoms with Gasteiger partial charge < -0.3 is 15.1 Å². The predicted octanol–water partition coefficient (Wildman–Crippen LogP) is 4.18. The van der Waals surface area contributed by atoms with Gasteiger partial charge in [-0.05, 0) is 75.9 Å². The molecule has 1 aromatic heterocycles. The SMILES string of the molecule is CCN(CC)c1ccc(NC(=O)Cn2c(=O)nc(N3CCCCC3)c3ccccc32)c(C)c1. The highest BCUT2D eigenvalue weighted by Gasteiger charge is 2.19. The van der Waals surface area contributed by atoms with E-state index in [1.165, 1.54) is 11.0 Å². The number of nitrogens with one attached hydrogen (secondary N) is 1. The van der Waals surface area contributed by atoms with Crippen LogP contribution in [0.4, 0.5) is 17.2 Å². The van der Waals surface area contributed by atoms with E-state index in [0.29, 0.717) is 0 Å². The van der Waals surface area contributed by atoms with E-state index in [9.17, 15) is 9.59 Å². The second-order valence-electron chi connectivity index (χ2n) is 8.59. The van der Waals surface area contributed by atoms with Crippen LogP contribution in [0, 0.1) is 6.92 Å². The first-order valence-electron chi connectivity index (χ1n) is 11.9. The van der Waals surface area contributed by atoms with Crippen LogP contribution in [0.25, 0.3) is 10.9 Å². The van der Waals surface area contributed by atoms with Crippen LogP contribution in [0.15, 0.2) is 47.3 Å². The van der Waals surface area contributed by atoms with Gasteiger partial charge in [0.05, 0.1) is 5.52 Å². The summed E-state index contributed by atoms with van der Waals surface area (Å²) in [7, 11) is 0. The van der Waals surface area contributed by atoms with E-state index in [-0.39, 0.29) is 12.5 Å². The first kappa shape index (κ1) is 22.8. The summed E-state index contributed by atoms with van der Waals surface area (Å²) < 4.78 is 1.47. The van der Waals surface area contributed by atoms with Crippen LogP contribution < -0.4 is 20.8 Å². The molecule has 1 aliphatic heterocycles. The van der Waals surface area contributed by atoms with Crippen molar-refractivity contribution in [1.29, 1.82) is 0 Å². The average Bonchev–Trinajstić information content (AvgIpc) is 2.83. The third-order valence-corrected chi connectivity index (χ3v) is 6.44. The number of amides is 1. The highest BCUT2D eigenvalue weighted by atomic mass is 16.2. The third-order valence-electron chi connectivity index (χ3n) is 6.44. The minimum atomic E-state index is -0.391. The Labute approximate surface area is 195 Å². The Kier molecular flexibility index (Phi) is 6.96. The van der Waals surface area contributed by atoms with Crippen molar-refractivity contribution < 1.29 is 4.79 Å². The monoisotopic (exact) mass is 447 g/mol. The van der Waals surface area contributed by atoms with Gasteiger partial charge in [-0.25, -0.2) is 4.79 Å². The molecule has 1 saturated heterocycles. The summed E-state index contributed by atoms with van der Waals surface area (Å²) in [5.74, 6) is 0.489. The number of rotatable bonds is 7. The Balaban J connectivity index is 1.59. The summed E-state index contributed by atoms with van der Waals surface area (Å²) >= 11 is 0. The van der Waals surface area contributed by atoms with Crippen LogP contribution in [0.2, 0.25) is 0 Å². The lowest BCUT2D eigenvalue weighted by atomic mass is 10.1. The number of carbonyl (C=O) groups is 1. The molecule has 174 valence electrons. The zero-order valence-corrected chi connectivity index (χ0v) is 19.8. The second-order valence-corrected chi connectivity index (χ2v) is 8.59. The number of fused-ring (bicyclic) bond motifs is 1. The van der Waals surface area contributed by atoms with E-state index in [4.69, 9.17) is 0 Å². The molecule has 7 heteroatoms. The van der Waals surface area contributed by atoms with Crippen molar-refractivity contribution in [3.05, 3.63) is 58.5 Å². The molecular weight excluding hydrogens is 414 g/mol. The number of aromatic nitrogens is 2. The van der Waals surface area contributed by atoms with Crippen LogP contribution in [-0.4, -0.2) is 41.6 Å². The number of aryl methyl sites for hydroxylation is 1. The topological polar surface area (TPSA) is 70.5 Å². The van der Waals surface area contributed by atoms with Crippen molar-refractivity contribution in [2.45, 2.75) is 46.6 Å². The number of hydrogen-bond acceptors (Lipinski definition) is 5. The van der Waals surface area contributed by atoms with Gasteiger partial charge >= 0.3 is 5.69 Å². The number of anilines is 3. The normalized spacial score (nSPS) is 13.8. The van der Waals surface area contributed by atoms with Gasteiger partial charge in [0, 0.05) is 42.9 Å². The summed E-state index contributed by atoms with van der Waals surface area (Å²) in [6.45, 7) is 9.83. The molecule has 0 aliphatic carbocycles. The Bertz CT molecular complexity index is 1190. The van der Waals surface area contributed by atoms with Crippen molar-refractivity contribution in [3.8, 4) is 0 Å². The van der Waals surface area contributed by atoms with Gasteiger partial charge in [0.15, 0.2) is 0 Å². The molecule has 0 bridgehead atoms. The number of nitrogens with zero attached hydrogens (tertiary/aromatic N) is 4. The average molecular weight is 448 g/mol. The molecule has 4 rings (SSSR count). The molecule has 2 aromatic carbocycles. The minimum Gasteiger partial charge on any atom is -0.372 e. The number of benzene rings is 2. The van der Waals surface area contributed by atoms with Crippen molar-refractivity contribution >= 4 is 34.0 Å². The maximum Gasteiger partial charge on any atom is 0.350 e. The number of piperidine rings is 1. The molecule has 1 fully saturated rings. The van der Waals surface area contributed by atoms with Gasteiger partial charge in [0.1, 0.15) is 12.4 Å². The van der Waals surface area contributed by atoms with Crippen LogP contribution in [0.1, 0.15) is 38.7 Å². The van der Waals surface area contributed by atoms with E-state index < -0.39 is 5.69 Å².